The van der Waals surface area contributed by atoms with E-state index in [4.69, 9.17) is 33.0 Å². The summed E-state index contributed by atoms with van der Waals surface area (Å²) in [4.78, 5) is 13.7. The highest BCUT2D eigenvalue weighted by molar-refractivity contribution is 6.37. The van der Waals surface area contributed by atoms with Gasteiger partial charge < -0.3 is 9.64 Å². The van der Waals surface area contributed by atoms with Gasteiger partial charge in [0.2, 0.25) is 11.6 Å². The largest absolute Gasteiger partial charge is 0.466 e. The van der Waals surface area contributed by atoms with Crippen molar-refractivity contribution in [1.29, 1.82) is 0 Å². The fraction of sp³-hybridized carbons (Fsp3) is 0.364. The Kier molecular flexibility index (Phi) is 4.48. The standard InChI is InChI=1S/C22H21Cl2N3O2/c1-14(28)26-10-8-22(9-11-26)27-20(17-4-2-3-5-21(17)29-22)13-19(25-27)16-7-6-15(23)12-18(16)24/h2-7,12,20H,8-11,13H2,1H3/t20-/m1/s1. The van der Waals surface area contributed by atoms with Crippen LogP contribution < -0.4 is 4.74 Å². The van der Waals surface area contributed by atoms with Crippen molar-refractivity contribution in [2.45, 2.75) is 38.0 Å². The van der Waals surface area contributed by atoms with E-state index in [9.17, 15) is 4.79 Å². The van der Waals surface area contributed by atoms with Crippen LogP contribution >= 0.6 is 23.2 Å². The van der Waals surface area contributed by atoms with E-state index in [0.29, 0.717) is 36.0 Å². The molecule has 0 bridgehead atoms. The summed E-state index contributed by atoms with van der Waals surface area (Å²) in [6, 6.07) is 13.8. The maximum absolute atomic E-state index is 11.8. The first kappa shape index (κ1) is 18.8. The molecular formula is C22H21Cl2N3O2. The first-order valence-corrected chi connectivity index (χ1v) is 10.6. The molecule has 1 amide bonds. The van der Waals surface area contributed by atoms with E-state index < -0.39 is 5.72 Å². The van der Waals surface area contributed by atoms with E-state index in [1.807, 2.05) is 35.2 Å². The zero-order valence-electron chi connectivity index (χ0n) is 16.1. The molecule has 1 spiro atoms. The van der Waals surface area contributed by atoms with Crippen LogP contribution in [0.4, 0.5) is 0 Å². The Bertz CT molecular complexity index is 1010. The van der Waals surface area contributed by atoms with Crippen molar-refractivity contribution in [2.75, 3.05) is 13.1 Å². The van der Waals surface area contributed by atoms with Gasteiger partial charge in [-0.25, -0.2) is 5.01 Å². The van der Waals surface area contributed by atoms with Crippen molar-refractivity contribution in [3.05, 3.63) is 63.6 Å². The molecule has 3 aliphatic rings. The minimum absolute atomic E-state index is 0.0885. The van der Waals surface area contributed by atoms with Gasteiger partial charge in [0, 0.05) is 55.4 Å². The Morgan fingerprint density at radius 3 is 2.66 bits per heavy atom. The number of carbonyl (C=O) groups excluding carboxylic acids is 1. The molecule has 0 radical (unpaired) electrons. The third-order valence-corrected chi connectivity index (χ3v) is 6.69. The van der Waals surface area contributed by atoms with Crippen LogP contribution in [-0.2, 0) is 4.79 Å². The summed E-state index contributed by atoms with van der Waals surface area (Å²) < 4.78 is 6.56. The highest BCUT2D eigenvalue weighted by Gasteiger charge is 2.52. The van der Waals surface area contributed by atoms with Crippen LogP contribution in [0.15, 0.2) is 47.6 Å². The molecule has 1 atom stereocenters. The summed E-state index contributed by atoms with van der Waals surface area (Å²) in [5.41, 5.74) is 2.42. The van der Waals surface area contributed by atoms with Gasteiger partial charge in [-0.15, -0.1) is 0 Å². The molecule has 29 heavy (non-hydrogen) atoms. The van der Waals surface area contributed by atoms with Crippen LogP contribution in [0.25, 0.3) is 0 Å². The predicted octanol–water partition coefficient (Wildman–Crippen LogP) is 4.88. The lowest BCUT2D eigenvalue weighted by atomic mass is 9.90. The Balaban J connectivity index is 1.55. The van der Waals surface area contributed by atoms with Gasteiger partial charge in [-0.2, -0.15) is 5.10 Å². The van der Waals surface area contributed by atoms with E-state index in [2.05, 4.69) is 11.1 Å². The number of halogens is 2. The van der Waals surface area contributed by atoms with Crippen molar-refractivity contribution in [1.82, 2.24) is 9.91 Å². The molecule has 7 heteroatoms. The van der Waals surface area contributed by atoms with Crippen molar-refractivity contribution in [3.8, 4) is 5.75 Å². The van der Waals surface area contributed by atoms with Gasteiger partial charge in [0.1, 0.15) is 5.75 Å². The molecule has 1 fully saturated rings. The highest BCUT2D eigenvalue weighted by atomic mass is 35.5. The summed E-state index contributed by atoms with van der Waals surface area (Å²) in [6.07, 6.45) is 2.17. The van der Waals surface area contributed by atoms with E-state index in [1.165, 1.54) is 0 Å². The number of amides is 1. The molecule has 2 aromatic carbocycles. The molecule has 150 valence electrons. The minimum Gasteiger partial charge on any atom is -0.466 e. The molecule has 0 aromatic heterocycles. The van der Waals surface area contributed by atoms with E-state index in [-0.39, 0.29) is 11.9 Å². The number of likely N-dealkylation sites (tertiary alicyclic amines) is 1. The predicted molar refractivity (Wildman–Crippen MR) is 113 cm³/mol. The Morgan fingerprint density at radius 2 is 1.93 bits per heavy atom. The average Bonchev–Trinajstić information content (AvgIpc) is 3.15. The first-order valence-electron chi connectivity index (χ1n) is 9.82. The summed E-state index contributed by atoms with van der Waals surface area (Å²) in [5, 5.41) is 8.34. The summed E-state index contributed by atoms with van der Waals surface area (Å²) in [6.45, 7) is 2.94. The van der Waals surface area contributed by atoms with Gasteiger partial charge in [-0.3, -0.25) is 4.79 Å². The number of para-hydroxylation sites is 1. The molecule has 5 rings (SSSR count). The van der Waals surface area contributed by atoms with E-state index >= 15 is 0 Å². The van der Waals surface area contributed by atoms with Crippen molar-refractivity contribution in [2.24, 2.45) is 5.10 Å². The minimum atomic E-state index is -0.550. The summed E-state index contributed by atoms with van der Waals surface area (Å²) in [7, 11) is 0. The second-order valence-electron chi connectivity index (χ2n) is 7.83. The molecule has 3 aliphatic heterocycles. The number of hydrogen-bond donors (Lipinski definition) is 0. The monoisotopic (exact) mass is 429 g/mol. The van der Waals surface area contributed by atoms with Crippen LogP contribution in [0.1, 0.15) is 43.4 Å². The van der Waals surface area contributed by atoms with E-state index in [0.717, 1.165) is 29.0 Å². The van der Waals surface area contributed by atoms with Crippen LogP contribution in [0.3, 0.4) is 0 Å². The first-order chi connectivity index (χ1) is 14.0. The van der Waals surface area contributed by atoms with Crippen LogP contribution in [0, 0.1) is 0 Å². The Hall–Kier alpha value is -2.24. The van der Waals surface area contributed by atoms with Gasteiger partial charge in [0.25, 0.3) is 0 Å². The summed E-state index contributed by atoms with van der Waals surface area (Å²) >= 11 is 12.6. The normalized spacial score (nSPS) is 22.0. The Labute approximate surface area is 179 Å². The average molecular weight is 430 g/mol. The highest BCUT2D eigenvalue weighted by Crippen LogP contribution is 2.50. The molecule has 2 aromatic rings. The zero-order valence-corrected chi connectivity index (χ0v) is 17.6. The molecule has 0 aliphatic carbocycles. The molecule has 1 saturated heterocycles. The second-order valence-corrected chi connectivity index (χ2v) is 8.67. The third kappa shape index (κ3) is 3.08. The SMILES string of the molecule is CC(=O)N1CCC2(CC1)Oc1ccccc1[C@H]1CC(c3ccc(Cl)cc3Cl)=NN12. The molecule has 0 N–H and O–H groups in total. The van der Waals surface area contributed by atoms with Crippen LogP contribution in [0.2, 0.25) is 10.0 Å². The number of piperidine rings is 1. The number of nitrogens with zero attached hydrogens (tertiary/aromatic N) is 3. The fourth-order valence-corrected chi connectivity index (χ4v) is 5.13. The number of benzene rings is 2. The molecule has 0 unspecified atom stereocenters. The number of carbonyl (C=O) groups is 1. The van der Waals surface area contributed by atoms with Crippen molar-refractivity contribution >= 4 is 34.8 Å². The number of ether oxygens (including phenoxy) is 1. The molecule has 3 heterocycles. The van der Waals surface area contributed by atoms with Crippen LogP contribution in [-0.4, -0.2) is 40.3 Å². The maximum atomic E-state index is 11.8. The van der Waals surface area contributed by atoms with Gasteiger partial charge in [0.15, 0.2) is 0 Å². The topological polar surface area (TPSA) is 45.1 Å². The zero-order chi connectivity index (χ0) is 20.2. The summed E-state index contributed by atoms with van der Waals surface area (Å²) in [5.74, 6) is 1.01. The maximum Gasteiger partial charge on any atom is 0.219 e. The number of fused-ring (bicyclic) bond motifs is 4. The quantitative estimate of drug-likeness (QED) is 0.648. The number of hydrazone groups is 1. The van der Waals surface area contributed by atoms with Crippen molar-refractivity contribution in [3.63, 3.8) is 0 Å². The van der Waals surface area contributed by atoms with Gasteiger partial charge in [-0.05, 0) is 18.2 Å². The number of hydrogen-bond acceptors (Lipinski definition) is 4. The lowest BCUT2D eigenvalue weighted by Crippen LogP contribution is -2.59. The van der Waals surface area contributed by atoms with Gasteiger partial charge in [0.05, 0.1) is 16.8 Å². The molecular weight excluding hydrogens is 409 g/mol. The fourth-order valence-electron chi connectivity index (χ4n) is 4.62. The lowest BCUT2D eigenvalue weighted by molar-refractivity contribution is -0.158. The number of rotatable bonds is 1. The Morgan fingerprint density at radius 1 is 1.17 bits per heavy atom. The lowest BCUT2D eigenvalue weighted by Gasteiger charge is -2.51. The third-order valence-electron chi connectivity index (χ3n) is 6.14. The molecule has 5 nitrogen and oxygen atoms in total. The van der Waals surface area contributed by atoms with Crippen molar-refractivity contribution < 1.29 is 9.53 Å². The van der Waals surface area contributed by atoms with Crippen LogP contribution in [0.5, 0.6) is 5.75 Å². The second kappa shape index (κ2) is 6.92. The van der Waals surface area contributed by atoms with Gasteiger partial charge in [-0.1, -0.05) is 47.5 Å². The molecule has 0 saturated carbocycles. The smallest absolute Gasteiger partial charge is 0.219 e. The van der Waals surface area contributed by atoms with E-state index in [1.54, 1.807) is 13.0 Å². The van der Waals surface area contributed by atoms with Gasteiger partial charge >= 0.3 is 0 Å².